The minimum Gasteiger partial charge on any atom is -0.484 e. The molecule has 1 fully saturated rings. The zero-order chi connectivity index (χ0) is 31.4. The number of nitrogens with zero attached hydrogens (tertiary/aromatic N) is 2. The molecule has 236 valence electrons. The first kappa shape index (κ1) is 33.5. The van der Waals surface area contributed by atoms with Crippen molar-refractivity contribution in [3.63, 3.8) is 0 Å². The molecular weight excluding hydrogens is 602 g/mol. The molecule has 9 nitrogen and oxygen atoms in total. The normalized spacial score (nSPS) is 14.5. The van der Waals surface area contributed by atoms with E-state index in [1.807, 2.05) is 42.5 Å². The van der Waals surface area contributed by atoms with E-state index in [2.05, 4.69) is 12.2 Å². The molecule has 1 aliphatic rings. The van der Waals surface area contributed by atoms with Crippen molar-refractivity contribution in [3.8, 4) is 5.75 Å². The van der Waals surface area contributed by atoms with Crippen LogP contribution < -0.4 is 10.1 Å². The van der Waals surface area contributed by atoms with E-state index < -0.39 is 16.1 Å². The summed E-state index contributed by atoms with van der Waals surface area (Å²) in [5.41, 5.74) is 1.74. The average Bonchev–Trinajstić information content (AvgIpc) is 3.05. The van der Waals surface area contributed by atoms with Gasteiger partial charge < -0.3 is 19.7 Å². The van der Waals surface area contributed by atoms with Gasteiger partial charge in [-0.2, -0.15) is 4.31 Å². The summed E-state index contributed by atoms with van der Waals surface area (Å²) >= 11 is 6.10. The third kappa shape index (κ3) is 9.53. The lowest BCUT2D eigenvalue weighted by Gasteiger charge is -2.31. The van der Waals surface area contributed by atoms with Crippen LogP contribution in [-0.4, -0.2) is 74.9 Å². The molecule has 3 aromatic rings. The Morgan fingerprint density at radius 3 is 2.30 bits per heavy atom. The van der Waals surface area contributed by atoms with Gasteiger partial charge in [0.05, 0.1) is 18.1 Å². The van der Waals surface area contributed by atoms with Gasteiger partial charge in [-0.1, -0.05) is 73.8 Å². The van der Waals surface area contributed by atoms with Crippen molar-refractivity contribution >= 4 is 33.4 Å². The van der Waals surface area contributed by atoms with Gasteiger partial charge in [0.25, 0.3) is 5.91 Å². The number of hydrogen-bond acceptors (Lipinski definition) is 6. The smallest absolute Gasteiger partial charge is 0.261 e. The van der Waals surface area contributed by atoms with Crippen LogP contribution in [0, 0.1) is 0 Å². The summed E-state index contributed by atoms with van der Waals surface area (Å²) < 4.78 is 38.4. The molecule has 44 heavy (non-hydrogen) atoms. The lowest BCUT2D eigenvalue weighted by molar-refractivity contribution is -0.142. The third-order valence-electron chi connectivity index (χ3n) is 7.41. The van der Waals surface area contributed by atoms with Crippen LogP contribution in [0.15, 0.2) is 83.8 Å². The number of morpholine rings is 1. The number of rotatable bonds is 15. The van der Waals surface area contributed by atoms with E-state index >= 15 is 0 Å². The van der Waals surface area contributed by atoms with Crippen LogP contribution in [0.5, 0.6) is 5.75 Å². The Bertz CT molecular complexity index is 1450. The predicted octanol–water partition coefficient (Wildman–Crippen LogP) is 4.69. The summed E-state index contributed by atoms with van der Waals surface area (Å²) in [5, 5.41) is 3.60. The first-order valence-corrected chi connectivity index (χ1v) is 16.8. The SMILES string of the molecule is CCCCCNC(=O)C(Cc1ccccc1)N(Cc1ccc(Cl)cc1)C(=O)COc1ccc(S(=O)(=O)N2CCOCC2)cc1. The van der Waals surface area contributed by atoms with Crippen LogP contribution in [0.1, 0.15) is 37.3 Å². The van der Waals surface area contributed by atoms with Gasteiger partial charge in [-0.15, -0.1) is 0 Å². The zero-order valence-electron chi connectivity index (χ0n) is 25.0. The molecule has 0 aromatic heterocycles. The maximum Gasteiger partial charge on any atom is 0.261 e. The molecule has 4 rings (SSSR count). The van der Waals surface area contributed by atoms with Crippen molar-refractivity contribution in [3.05, 3.63) is 95.0 Å². The minimum absolute atomic E-state index is 0.144. The standard InChI is InChI=1S/C33H40ClN3O6S/c1-2-3-7-18-35-33(39)31(23-26-8-5-4-6-9-26)37(24-27-10-12-28(34)13-11-27)32(38)25-43-29-14-16-30(17-15-29)44(40,41)36-19-21-42-22-20-36/h4-6,8-17,31H,2-3,7,18-25H2,1H3,(H,35,39). The van der Waals surface area contributed by atoms with Gasteiger partial charge >= 0.3 is 0 Å². The molecule has 1 unspecified atom stereocenters. The second-order valence-electron chi connectivity index (χ2n) is 10.6. The second-order valence-corrected chi connectivity index (χ2v) is 13.0. The molecule has 1 atom stereocenters. The van der Waals surface area contributed by atoms with E-state index in [0.29, 0.717) is 50.0 Å². The minimum atomic E-state index is -3.65. The van der Waals surface area contributed by atoms with Crippen LogP contribution >= 0.6 is 11.6 Å². The van der Waals surface area contributed by atoms with E-state index in [9.17, 15) is 18.0 Å². The van der Waals surface area contributed by atoms with Gasteiger partial charge in [-0.25, -0.2) is 8.42 Å². The first-order chi connectivity index (χ1) is 21.3. The topological polar surface area (TPSA) is 105 Å². The van der Waals surface area contributed by atoms with Crippen LogP contribution in [-0.2, 0) is 37.3 Å². The molecule has 11 heteroatoms. The van der Waals surface area contributed by atoms with E-state index in [1.165, 1.54) is 28.6 Å². The van der Waals surface area contributed by atoms with Crippen molar-refractivity contribution in [1.82, 2.24) is 14.5 Å². The van der Waals surface area contributed by atoms with Gasteiger partial charge in [0, 0.05) is 37.6 Å². The van der Waals surface area contributed by atoms with Gasteiger partial charge in [0.1, 0.15) is 11.8 Å². The molecule has 1 saturated heterocycles. The average molecular weight is 642 g/mol. The van der Waals surface area contributed by atoms with E-state index in [-0.39, 0.29) is 29.9 Å². The Morgan fingerprint density at radius 1 is 0.955 bits per heavy atom. The highest BCUT2D eigenvalue weighted by Gasteiger charge is 2.31. The molecule has 0 saturated carbocycles. The molecule has 0 aliphatic carbocycles. The maximum atomic E-state index is 13.8. The summed E-state index contributed by atoms with van der Waals surface area (Å²) in [5.74, 6) is -0.270. The number of benzene rings is 3. The van der Waals surface area contributed by atoms with Crippen LogP contribution in [0.3, 0.4) is 0 Å². The lowest BCUT2D eigenvalue weighted by atomic mass is 10.0. The van der Waals surface area contributed by atoms with Crippen LogP contribution in [0.4, 0.5) is 0 Å². The molecule has 1 heterocycles. The van der Waals surface area contributed by atoms with Crippen molar-refractivity contribution in [2.75, 3.05) is 39.5 Å². The Labute approximate surface area is 265 Å². The summed E-state index contributed by atoms with van der Waals surface area (Å²) in [6, 6.07) is 22.0. The zero-order valence-corrected chi connectivity index (χ0v) is 26.6. The molecule has 0 spiro atoms. The van der Waals surface area contributed by atoms with E-state index in [0.717, 1.165) is 30.4 Å². The Hall–Kier alpha value is -3.44. The number of nitrogens with one attached hydrogen (secondary N) is 1. The molecule has 1 aliphatic heterocycles. The number of carbonyl (C=O) groups is 2. The van der Waals surface area contributed by atoms with Crippen molar-refractivity contribution < 1.29 is 27.5 Å². The summed E-state index contributed by atoms with van der Waals surface area (Å²) in [4.78, 5) is 29.1. The fourth-order valence-electron chi connectivity index (χ4n) is 4.92. The number of carbonyl (C=O) groups excluding carboxylic acids is 2. The number of unbranched alkanes of at least 4 members (excludes halogenated alkanes) is 2. The Morgan fingerprint density at radius 2 is 1.64 bits per heavy atom. The third-order valence-corrected chi connectivity index (χ3v) is 9.58. The maximum absolute atomic E-state index is 13.8. The molecule has 0 radical (unpaired) electrons. The second kappa shape index (κ2) is 16.6. The van der Waals surface area contributed by atoms with Gasteiger partial charge in [-0.3, -0.25) is 9.59 Å². The van der Waals surface area contributed by atoms with E-state index in [4.69, 9.17) is 21.1 Å². The monoisotopic (exact) mass is 641 g/mol. The van der Waals surface area contributed by atoms with Crippen molar-refractivity contribution in [2.24, 2.45) is 0 Å². The number of hydrogen-bond donors (Lipinski definition) is 1. The fraction of sp³-hybridized carbons (Fsp3) is 0.394. The van der Waals surface area contributed by atoms with Gasteiger partial charge in [0.15, 0.2) is 6.61 Å². The molecular formula is C33H40ClN3O6S. The highest BCUT2D eigenvalue weighted by molar-refractivity contribution is 7.89. The summed E-state index contributed by atoms with van der Waals surface area (Å²) in [6.07, 6.45) is 3.21. The molecule has 0 bridgehead atoms. The summed E-state index contributed by atoms with van der Waals surface area (Å²) in [7, 11) is -3.65. The molecule has 1 N–H and O–H groups in total. The molecule has 3 aromatic carbocycles. The first-order valence-electron chi connectivity index (χ1n) is 14.9. The van der Waals surface area contributed by atoms with E-state index in [1.54, 1.807) is 17.0 Å². The predicted molar refractivity (Wildman–Crippen MR) is 170 cm³/mol. The number of amides is 2. The van der Waals surface area contributed by atoms with Gasteiger partial charge in [-0.05, 0) is 53.9 Å². The number of halogens is 1. The fourth-order valence-corrected chi connectivity index (χ4v) is 6.45. The highest BCUT2D eigenvalue weighted by Crippen LogP contribution is 2.22. The van der Waals surface area contributed by atoms with Crippen molar-refractivity contribution in [1.29, 1.82) is 0 Å². The van der Waals surface area contributed by atoms with Gasteiger partial charge in [0.2, 0.25) is 15.9 Å². The highest BCUT2D eigenvalue weighted by atomic mass is 35.5. The summed E-state index contributed by atoms with van der Waals surface area (Å²) in [6.45, 7) is 3.78. The quantitative estimate of drug-likeness (QED) is 0.242. The Kier molecular flexibility index (Phi) is 12.6. The lowest BCUT2D eigenvalue weighted by Crippen LogP contribution is -2.51. The van der Waals surface area contributed by atoms with Crippen molar-refractivity contribution in [2.45, 2.75) is 50.1 Å². The Balaban J connectivity index is 1.52. The largest absolute Gasteiger partial charge is 0.484 e. The number of ether oxygens (including phenoxy) is 2. The van der Waals surface area contributed by atoms with Crippen LogP contribution in [0.2, 0.25) is 5.02 Å². The number of sulfonamides is 1. The molecule has 2 amide bonds. The van der Waals surface area contributed by atoms with Crippen LogP contribution in [0.25, 0.3) is 0 Å².